The summed E-state index contributed by atoms with van der Waals surface area (Å²) < 4.78 is 5.40. The lowest BCUT2D eigenvalue weighted by Crippen LogP contribution is -2.05. The van der Waals surface area contributed by atoms with Crippen molar-refractivity contribution in [3.05, 3.63) is 23.5 Å². The molecule has 0 unspecified atom stereocenters. The van der Waals surface area contributed by atoms with Crippen molar-refractivity contribution < 1.29 is 19.4 Å². The predicted octanol–water partition coefficient (Wildman–Crippen LogP) is 1.13. The Bertz CT molecular complexity index is 412. The van der Waals surface area contributed by atoms with Crippen molar-refractivity contribution in [2.45, 2.75) is 18.9 Å². The molecule has 0 saturated heterocycles. The fourth-order valence-electron chi connectivity index (χ4n) is 1.12. The van der Waals surface area contributed by atoms with E-state index in [9.17, 15) is 9.59 Å². The van der Waals surface area contributed by atoms with E-state index >= 15 is 0 Å². The highest BCUT2D eigenvalue weighted by Crippen LogP contribution is 2.28. The largest absolute Gasteiger partial charge is 0.490 e. The van der Waals surface area contributed by atoms with Crippen LogP contribution in [0, 0.1) is 0 Å². The Morgan fingerprint density at radius 3 is 2.87 bits per heavy atom. The van der Waals surface area contributed by atoms with Crippen molar-refractivity contribution in [2.75, 3.05) is 0 Å². The smallest absolute Gasteiger partial charge is 0.354 e. The molecule has 0 radical (unpaired) electrons. The van der Waals surface area contributed by atoms with Gasteiger partial charge in [-0.25, -0.2) is 9.78 Å². The van der Waals surface area contributed by atoms with E-state index in [1.54, 1.807) is 0 Å². The molecule has 0 spiro atoms. The third-order valence-corrected chi connectivity index (χ3v) is 2.06. The summed E-state index contributed by atoms with van der Waals surface area (Å²) in [5.41, 5.74) is 0.170. The van der Waals surface area contributed by atoms with E-state index in [1.165, 1.54) is 12.3 Å². The maximum atomic E-state index is 10.6. The maximum Gasteiger partial charge on any atom is 0.354 e. The Kier molecular flexibility index (Phi) is 2.37. The van der Waals surface area contributed by atoms with E-state index in [4.69, 9.17) is 9.84 Å². The Balaban J connectivity index is 2.32. The van der Waals surface area contributed by atoms with Crippen molar-refractivity contribution in [3.63, 3.8) is 0 Å². The van der Waals surface area contributed by atoms with Crippen molar-refractivity contribution in [1.29, 1.82) is 0 Å². The number of aromatic carboxylic acids is 1. The van der Waals surface area contributed by atoms with Crippen molar-refractivity contribution in [2.24, 2.45) is 0 Å². The molecule has 1 aromatic rings. The van der Waals surface area contributed by atoms with Gasteiger partial charge in [0.05, 0.1) is 11.7 Å². The number of ether oxygens (including phenoxy) is 1. The molecule has 1 N–H and O–H groups in total. The molecule has 1 fully saturated rings. The van der Waals surface area contributed by atoms with Gasteiger partial charge in [-0.05, 0) is 12.8 Å². The number of pyridine rings is 1. The molecule has 1 aliphatic rings. The average molecular weight is 207 g/mol. The Hall–Kier alpha value is -1.91. The van der Waals surface area contributed by atoms with Crippen LogP contribution in [0.1, 0.15) is 33.7 Å². The van der Waals surface area contributed by atoms with Gasteiger partial charge in [-0.1, -0.05) is 0 Å². The zero-order valence-corrected chi connectivity index (χ0v) is 7.84. The van der Waals surface area contributed by atoms with Crippen LogP contribution >= 0.6 is 0 Å². The minimum atomic E-state index is -1.13. The number of hydrogen-bond donors (Lipinski definition) is 1. The number of hydrogen-bond acceptors (Lipinski definition) is 4. The van der Waals surface area contributed by atoms with Gasteiger partial charge in [0.25, 0.3) is 0 Å². The minimum Gasteiger partial charge on any atom is -0.490 e. The first-order chi connectivity index (χ1) is 7.20. The molecule has 0 aliphatic heterocycles. The second kappa shape index (κ2) is 3.68. The maximum absolute atomic E-state index is 10.6. The van der Waals surface area contributed by atoms with E-state index < -0.39 is 5.97 Å². The number of carbonyl (C=O) groups excluding carboxylic acids is 1. The number of nitrogens with zero attached hydrogens (tertiary/aromatic N) is 1. The van der Waals surface area contributed by atoms with Gasteiger partial charge in [0.15, 0.2) is 12.0 Å². The summed E-state index contributed by atoms with van der Waals surface area (Å²) in [6.07, 6.45) is 3.84. The zero-order valence-electron chi connectivity index (χ0n) is 7.84. The Morgan fingerprint density at radius 1 is 1.60 bits per heavy atom. The number of rotatable bonds is 4. The summed E-state index contributed by atoms with van der Waals surface area (Å²) in [5, 5.41) is 8.72. The summed E-state index contributed by atoms with van der Waals surface area (Å²) >= 11 is 0. The molecule has 15 heavy (non-hydrogen) atoms. The van der Waals surface area contributed by atoms with Crippen LogP contribution in [0.5, 0.6) is 5.75 Å². The van der Waals surface area contributed by atoms with E-state index in [1.807, 2.05) is 0 Å². The van der Waals surface area contributed by atoms with Crippen molar-refractivity contribution >= 4 is 12.3 Å². The number of carbonyl (C=O) groups is 2. The quantitative estimate of drug-likeness (QED) is 0.749. The number of aldehydes is 1. The monoisotopic (exact) mass is 207 g/mol. The Labute approximate surface area is 85.7 Å². The van der Waals surface area contributed by atoms with E-state index in [0.29, 0.717) is 12.0 Å². The van der Waals surface area contributed by atoms with Gasteiger partial charge in [-0.15, -0.1) is 0 Å². The summed E-state index contributed by atoms with van der Waals surface area (Å²) in [6, 6.07) is 1.28. The van der Waals surface area contributed by atoms with E-state index in [0.717, 1.165) is 12.8 Å². The normalized spacial score (nSPS) is 14.7. The molecule has 1 heterocycles. The second-order valence-electron chi connectivity index (χ2n) is 3.35. The first-order valence-electron chi connectivity index (χ1n) is 4.56. The lowest BCUT2D eigenvalue weighted by atomic mass is 10.2. The third kappa shape index (κ3) is 2.12. The molecule has 2 rings (SSSR count). The highest BCUT2D eigenvalue weighted by Gasteiger charge is 2.25. The molecule has 0 aromatic carbocycles. The lowest BCUT2D eigenvalue weighted by Gasteiger charge is -2.06. The SMILES string of the molecule is O=Cc1cnc(C(=O)O)cc1OC1CC1. The van der Waals surface area contributed by atoms with Gasteiger partial charge >= 0.3 is 5.97 Å². The molecular weight excluding hydrogens is 198 g/mol. The van der Waals surface area contributed by atoms with E-state index in [2.05, 4.69) is 4.98 Å². The molecular formula is C10H9NO4. The van der Waals surface area contributed by atoms with Crippen LogP contribution in [0.2, 0.25) is 0 Å². The van der Waals surface area contributed by atoms with Gasteiger partial charge in [-0.2, -0.15) is 0 Å². The van der Waals surface area contributed by atoms with Crippen LogP contribution in [0.15, 0.2) is 12.3 Å². The van der Waals surface area contributed by atoms with Crippen molar-refractivity contribution in [3.8, 4) is 5.75 Å². The molecule has 0 atom stereocenters. The number of carboxylic acid groups (broad SMARTS) is 1. The fourth-order valence-corrected chi connectivity index (χ4v) is 1.12. The van der Waals surface area contributed by atoms with Crippen LogP contribution in [-0.4, -0.2) is 28.4 Å². The van der Waals surface area contributed by atoms with Crippen LogP contribution in [0.4, 0.5) is 0 Å². The Morgan fingerprint density at radius 2 is 2.33 bits per heavy atom. The van der Waals surface area contributed by atoms with Gasteiger partial charge in [0.1, 0.15) is 5.75 Å². The first kappa shape index (κ1) is 9.64. The third-order valence-electron chi connectivity index (χ3n) is 2.06. The molecule has 5 nitrogen and oxygen atoms in total. The molecule has 0 bridgehead atoms. The summed E-state index contributed by atoms with van der Waals surface area (Å²) in [7, 11) is 0. The topological polar surface area (TPSA) is 76.5 Å². The first-order valence-corrected chi connectivity index (χ1v) is 4.56. The lowest BCUT2D eigenvalue weighted by molar-refractivity contribution is 0.0689. The van der Waals surface area contributed by atoms with Gasteiger partial charge in [0, 0.05) is 12.3 Å². The predicted molar refractivity (Wildman–Crippen MR) is 50.2 cm³/mol. The highest BCUT2D eigenvalue weighted by molar-refractivity contribution is 5.88. The second-order valence-corrected chi connectivity index (χ2v) is 3.35. The van der Waals surface area contributed by atoms with Crippen LogP contribution in [-0.2, 0) is 0 Å². The number of carboxylic acids is 1. The summed E-state index contributed by atoms with van der Waals surface area (Å²) in [4.78, 5) is 24.9. The summed E-state index contributed by atoms with van der Waals surface area (Å²) in [5.74, 6) is -0.826. The van der Waals surface area contributed by atoms with Crippen LogP contribution in [0.3, 0.4) is 0 Å². The molecule has 1 saturated carbocycles. The van der Waals surface area contributed by atoms with Gasteiger partial charge < -0.3 is 9.84 Å². The standard InChI is InChI=1S/C10H9NO4/c12-5-6-4-11-8(10(13)14)3-9(6)15-7-1-2-7/h3-5,7H,1-2H2,(H,13,14). The highest BCUT2D eigenvalue weighted by atomic mass is 16.5. The number of aromatic nitrogens is 1. The zero-order chi connectivity index (χ0) is 10.8. The molecule has 78 valence electrons. The summed E-state index contributed by atoms with van der Waals surface area (Å²) in [6.45, 7) is 0. The molecule has 5 heteroatoms. The average Bonchev–Trinajstić information content (AvgIpc) is 3.01. The van der Waals surface area contributed by atoms with Crippen LogP contribution < -0.4 is 4.74 Å². The van der Waals surface area contributed by atoms with Gasteiger partial charge in [0.2, 0.25) is 0 Å². The van der Waals surface area contributed by atoms with Crippen LogP contribution in [0.25, 0.3) is 0 Å². The fraction of sp³-hybridized carbons (Fsp3) is 0.300. The van der Waals surface area contributed by atoms with E-state index in [-0.39, 0.29) is 17.4 Å². The molecule has 1 aromatic heterocycles. The molecule has 0 amide bonds. The van der Waals surface area contributed by atoms with Crippen molar-refractivity contribution in [1.82, 2.24) is 4.98 Å². The minimum absolute atomic E-state index is 0.115. The van der Waals surface area contributed by atoms with Gasteiger partial charge in [-0.3, -0.25) is 4.79 Å². The molecule has 1 aliphatic carbocycles.